The van der Waals surface area contributed by atoms with Crippen LogP contribution < -0.4 is 22.2 Å². The van der Waals surface area contributed by atoms with E-state index in [1.54, 1.807) is 21.6 Å². The van der Waals surface area contributed by atoms with Gasteiger partial charge in [0.1, 0.15) is 0 Å². The molecule has 10 atom stereocenters. The lowest BCUT2D eigenvalue weighted by Crippen LogP contribution is -2.51. The van der Waals surface area contributed by atoms with Crippen LogP contribution in [0, 0.1) is 47.3 Å². The Morgan fingerprint density at radius 2 is 0.517 bits per heavy atom. The third kappa shape index (κ3) is 32.1. The number of nitrogens with zero attached hydrogens (tertiary/aromatic N) is 4. The average Bonchev–Trinajstić information content (AvgIpc) is 1.57. The van der Waals surface area contributed by atoms with E-state index in [1.165, 1.54) is 323 Å². The molecule has 1 aromatic carbocycles. The molecule has 2 saturated carbocycles. The lowest BCUT2D eigenvalue weighted by molar-refractivity contribution is -0.145. The van der Waals surface area contributed by atoms with E-state index in [4.69, 9.17) is 0 Å². The van der Waals surface area contributed by atoms with Crippen molar-refractivity contribution in [1.82, 2.24) is 18.9 Å². The SMILES string of the molecule is CCCCCCCCC1C(CCCCCC)CCC(CCCCCCCCC(C)(CCCCCC)n2c(=O)c3cc4c(=O)n(CCCCCCCCC5C(CCCCCCCCC(CC)(CCCCC)N6C(=O)C=CC6=O)CCC(CCCCCC)C5CCCCCCCC)c(=O)c4cc3c2=O)C1CCCCCCCCN1C(=O)C=CC1=O. The van der Waals surface area contributed by atoms with Crippen LogP contribution in [0.1, 0.15) is 492 Å². The highest BCUT2D eigenvalue weighted by Gasteiger charge is 2.44. The first kappa shape index (κ1) is 100. The first-order chi connectivity index (χ1) is 57.6. The van der Waals surface area contributed by atoms with Crippen molar-refractivity contribution in [3.8, 4) is 0 Å². The molecule has 10 unspecified atom stereocenters. The Labute approximate surface area is 720 Å². The van der Waals surface area contributed by atoms with Gasteiger partial charge in [-0.05, 0) is 163 Å². The van der Waals surface area contributed by atoms with Gasteiger partial charge in [-0.15, -0.1) is 0 Å². The number of fused-ring (bicyclic) bond motifs is 2. The molecule has 2 aliphatic heterocycles. The molecule has 4 heterocycles. The fourth-order valence-electron chi connectivity index (χ4n) is 23.3. The third-order valence-corrected chi connectivity index (χ3v) is 30.5. The van der Waals surface area contributed by atoms with E-state index in [0.29, 0.717) is 13.1 Å². The molecule has 0 bridgehead atoms. The summed E-state index contributed by atoms with van der Waals surface area (Å²) in [6.07, 6.45) is 88.9. The van der Waals surface area contributed by atoms with Gasteiger partial charge < -0.3 is 0 Å². The fraction of sp³-hybridized carbons (Fsp3) is 0.830. The van der Waals surface area contributed by atoms with Crippen LogP contribution in [0.3, 0.4) is 0 Å². The van der Waals surface area contributed by atoms with Crippen LogP contribution in [0.25, 0.3) is 21.5 Å². The number of rotatable bonds is 72. The Morgan fingerprint density at radius 1 is 0.271 bits per heavy atom. The van der Waals surface area contributed by atoms with Gasteiger partial charge in [-0.3, -0.25) is 57.3 Å². The quantitative estimate of drug-likeness (QED) is 0.0400. The molecule has 12 heteroatoms. The molecule has 118 heavy (non-hydrogen) atoms. The summed E-state index contributed by atoms with van der Waals surface area (Å²) in [6.45, 7) is 18.9. The van der Waals surface area contributed by atoms with Gasteiger partial charge in [0.2, 0.25) is 0 Å². The summed E-state index contributed by atoms with van der Waals surface area (Å²) in [5, 5.41) is 1.09. The smallest absolute Gasteiger partial charge is 0.262 e. The molecule has 7 rings (SSSR count). The molecule has 2 fully saturated rings. The third-order valence-electron chi connectivity index (χ3n) is 30.5. The maximum atomic E-state index is 14.8. The second-order valence-corrected chi connectivity index (χ2v) is 39.3. The van der Waals surface area contributed by atoms with Gasteiger partial charge in [0, 0.05) is 42.9 Å². The van der Waals surface area contributed by atoms with Crippen molar-refractivity contribution >= 4 is 45.2 Å². The molecule has 2 aromatic heterocycles. The van der Waals surface area contributed by atoms with E-state index >= 15 is 0 Å². The lowest BCUT2D eigenvalue weighted by Gasteiger charge is -2.44. The molecule has 670 valence electrons. The summed E-state index contributed by atoms with van der Waals surface area (Å²) < 4.78 is 2.93. The minimum Gasteiger partial charge on any atom is -0.275 e. The lowest BCUT2D eigenvalue weighted by atomic mass is 9.61. The van der Waals surface area contributed by atoms with Crippen molar-refractivity contribution in [2.75, 3.05) is 6.54 Å². The number of amides is 4. The van der Waals surface area contributed by atoms with E-state index in [9.17, 15) is 38.4 Å². The van der Waals surface area contributed by atoms with Gasteiger partial charge >= 0.3 is 0 Å². The number of carbonyl (C=O) groups excluding carboxylic acids is 4. The molecule has 0 saturated heterocycles. The fourth-order valence-corrected chi connectivity index (χ4v) is 23.3. The highest BCUT2D eigenvalue weighted by Crippen LogP contribution is 2.50. The molecule has 2 aliphatic carbocycles. The van der Waals surface area contributed by atoms with Crippen LogP contribution in [0.5, 0.6) is 0 Å². The van der Waals surface area contributed by atoms with Crippen molar-refractivity contribution in [1.29, 1.82) is 0 Å². The summed E-state index contributed by atoms with van der Waals surface area (Å²) in [6, 6.07) is 3.20. The zero-order valence-corrected chi connectivity index (χ0v) is 77.6. The maximum Gasteiger partial charge on any atom is 0.262 e. The number of carbonyl (C=O) groups is 4. The predicted octanol–water partition coefficient (Wildman–Crippen LogP) is 28.8. The summed E-state index contributed by atoms with van der Waals surface area (Å²) in [5.41, 5.74) is -2.32. The first-order valence-corrected chi connectivity index (χ1v) is 51.6. The van der Waals surface area contributed by atoms with Crippen LogP contribution in [0.2, 0.25) is 0 Å². The Morgan fingerprint density at radius 3 is 0.856 bits per heavy atom. The number of hydrogen-bond donors (Lipinski definition) is 0. The Kier molecular flexibility index (Phi) is 49.0. The van der Waals surface area contributed by atoms with Gasteiger partial charge in [0.25, 0.3) is 45.9 Å². The zero-order chi connectivity index (χ0) is 84.6. The van der Waals surface area contributed by atoms with Crippen molar-refractivity contribution in [2.24, 2.45) is 47.3 Å². The van der Waals surface area contributed by atoms with Gasteiger partial charge in [-0.25, -0.2) is 0 Å². The van der Waals surface area contributed by atoms with Crippen molar-refractivity contribution in [3.05, 3.63) is 77.9 Å². The van der Waals surface area contributed by atoms with Gasteiger partial charge in [0.15, 0.2) is 0 Å². The van der Waals surface area contributed by atoms with Crippen LogP contribution in [0.15, 0.2) is 55.6 Å². The molecule has 0 spiro atoms. The van der Waals surface area contributed by atoms with Crippen LogP contribution >= 0.6 is 0 Å². The molecular formula is C106H178N4O8. The summed E-state index contributed by atoms with van der Waals surface area (Å²) >= 11 is 0. The maximum absolute atomic E-state index is 14.8. The van der Waals surface area contributed by atoms with Gasteiger partial charge in [-0.1, -0.05) is 389 Å². The highest BCUT2D eigenvalue weighted by molar-refractivity contribution is 6.14. The van der Waals surface area contributed by atoms with E-state index in [2.05, 4.69) is 55.4 Å². The predicted molar refractivity (Wildman–Crippen MR) is 500 cm³/mol. The van der Waals surface area contributed by atoms with E-state index in [-0.39, 0.29) is 72.9 Å². The minimum atomic E-state index is -0.664. The molecular weight excluding hydrogens is 1460 g/mol. The van der Waals surface area contributed by atoms with Crippen molar-refractivity contribution in [2.45, 2.75) is 510 Å². The van der Waals surface area contributed by atoms with Crippen LogP contribution in [-0.4, -0.2) is 54.6 Å². The number of benzene rings is 1. The standard InChI is InChI=1S/C106H178N4O8/c1-9-16-22-27-39-51-65-89-85(61-47-24-18-11-3)69-71-87(91(89)67-53-41-31-35-45-59-81-107-97(111)73-74-98(107)112)63-49-37-29-33-43-57-78-105(8,77-56-26-20-13-5)110-103(117)95-83-93-94(84-96(95)104(110)118)102(116)108(101(93)115)82-60-46-36-32-42-54-68-92-88(72-70-86(62-48-25-19-12-4)90(92)66-52-40-28-23-17-10-2)64-50-38-30-34-44-58-80-106(15-7,79-55-21-14-6)109-99(113)75-76-100(109)114/h73-76,83-92H,9-72,77-82H2,1-8H3. The number of unbranched alkanes of at least 4 members (excludes halogenated alkanes) is 41. The Balaban J connectivity index is 0.904. The second-order valence-electron chi connectivity index (χ2n) is 39.3. The molecule has 3 aromatic rings. The highest BCUT2D eigenvalue weighted by atomic mass is 16.2. The van der Waals surface area contributed by atoms with Crippen molar-refractivity contribution in [3.63, 3.8) is 0 Å². The topological polar surface area (TPSA) is 153 Å². The molecule has 0 N–H and O–H groups in total. The summed E-state index contributed by atoms with van der Waals surface area (Å²) in [7, 11) is 0. The monoisotopic (exact) mass is 1640 g/mol. The molecule has 0 radical (unpaired) electrons. The Bertz CT molecular complexity index is 3450. The van der Waals surface area contributed by atoms with Gasteiger partial charge in [-0.2, -0.15) is 0 Å². The number of aromatic nitrogens is 2. The average molecular weight is 1640 g/mol. The normalized spacial score (nSPS) is 20.8. The first-order valence-electron chi connectivity index (χ1n) is 51.6. The Hall–Kier alpha value is -4.74. The summed E-state index contributed by atoms with van der Waals surface area (Å²) in [5.74, 6) is 6.14. The summed E-state index contributed by atoms with van der Waals surface area (Å²) in [4.78, 5) is 111. The zero-order valence-electron chi connectivity index (χ0n) is 77.6. The molecule has 4 amide bonds. The minimum absolute atomic E-state index is 0.123. The van der Waals surface area contributed by atoms with Crippen LogP contribution in [0.4, 0.5) is 0 Å². The van der Waals surface area contributed by atoms with Crippen molar-refractivity contribution < 1.29 is 19.2 Å². The van der Waals surface area contributed by atoms with E-state index in [1.807, 2.05) is 0 Å². The van der Waals surface area contributed by atoms with Crippen LogP contribution in [-0.2, 0) is 31.3 Å². The number of imide groups is 2. The number of hydrogen-bond acceptors (Lipinski definition) is 8. The largest absolute Gasteiger partial charge is 0.275 e. The van der Waals surface area contributed by atoms with Gasteiger partial charge in [0.05, 0.1) is 27.1 Å². The second kappa shape index (κ2) is 57.6. The molecule has 12 nitrogen and oxygen atoms in total. The van der Waals surface area contributed by atoms with E-state index in [0.717, 1.165) is 195 Å². The van der Waals surface area contributed by atoms with E-state index < -0.39 is 5.54 Å². The molecule has 4 aliphatic rings.